The maximum atomic E-state index is 11.4. The van der Waals surface area contributed by atoms with E-state index in [1.54, 1.807) is 38.4 Å². The molecule has 5 nitrogen and oxygen atoms in total. The van der Waals surface area contributed by atoms with Crippen molar-refractivity contribution in [2.75, 3.05) is 0 Å². The molecule has 0 aliphatic rings. The van der Waals surface area contributed by atoms with Gasteiger partial charge in [-0.25, -0.2) is 18.4 Å². The normalized spacial score (nSPS) is 11.3. The Hall–Kier alpha value is -1.66. The maximum absolute atomic E-state index is 11.4. The number of aromatic nitrogens is 2. The molecule has 0 amide bonds. The van der Waals surface area contributed by atoms with Gasteiger partial charge in [0, 0.05) is 23.1 Å². The van der Waals surface area contributed by atoms with Gasteiger partial charge in [-0.15, -0.1) is 0 Å². The molecular weight excluding hydrogens is 300 g/mol. The van der Waals surface area contributed by atoms with Gasteiger partial charge in [-0.3, -0.25) is 0 Å². The zero-order chi connectivity index (χ0) is 14.8. The van der Waals surface area contributed by atoms with E-state index in [0.717, 1.165) is 0 Å². The van der Waals surface area contributed by atoms with E-state index < -0.39 is 9.05 Å². The maximum Gasteiger partial charge on any atom is 0.261 e. The first-order chi connectivity index (χ1) is 9.38. The smallest absolute Gasteiger partial charge is 0.261 e. The predicted octanol–water partition coefficient (Wildman–Crippen LogP) is 2.60. The van der Waals surface area contributed by atoms with E-state index >= 15 is 0 Å². The van der Waals surface area contributed by atoms with Crippen LogP contribution in [0.1, 0.15) is 17.0 Å². The van der Waals surface area contributed by atoms with Gasteiger partial charge in [0.2, 0.25) is 0 Å². The highest BCUT2D eigenvalue weighted by Gasteiger charge is 2.16. The third-order valence-electron chi connectivity index (χ3n) is 2.71. The van der Waals surface area contributed by atoms with Crippen LogP contribution in [0, 0.1) is 13.8 Å². The largest absolute Gasteiger partial charge is 0.485 e. The summed E-state index contributed by atoms with van der Waals surface area (Å²) < 4.78 is 28.4. The molecule has 0 saturated carbocycles. The molecule has 1 aromatic heterocycles. The van der Waals surface area contributed by atoms with Crippen LogP contribution in [0.4, 0.5) is 0 Å². The first-order valence-electron chi connectivity index (χ1n) is 5.82. The van der Waals surface area contributed by atoms with E-state index in [9.17, 15) is 8.42 Å². The molecular formula is C13H13ClN2O3S. The van der Waals surface area contributed by atoms with Gasteiger partial charge in [0.05, 0.1) is 4.90 Å². The second-order valence-corrected chi connectivity index (χ2v) is 6.81. The van der Waals surface area contributed by atoms with E-state index in [0.29, 0.717) is 22.7 Å². The number of nitrogens with zero attached hydrogens (tertiary/aromatic N) is 2. The quantitative estimate of drug-likeness (QED) is 0.812. The lowest BCUT2D eigenvalue weighted by molar-refractivity contribution is 0.293. The molecule has 0 aliphatic carbocycles. The Labute approximate surface area is 122 Å². The van der Waals surface area contributed by atoms with Gasteiger partial charge < -0.3 is 4.74 Å². The molecule has 0 fully saturated rings. The number of hydrogen-bond acceptors (Lipinski definition) is 5. The molecule has 0 bridgehead atoms. The fraction of sp³-hybridized carbons (Fsp3) is 0.231. The summed E-state index contributed by atoms with van der Waals surface area (Å²) in [6.07, 6.45) is 3.26. The van der Waals surface area contributed by atoms with Crippen molar-refractivity contribution in [2.45, 2.75) is 25.3 Å². The first kappa shape index (κ1) is 14.7. The number of halogens is 1. The second-order valence-electron chi connectivity index (χ2n) is 4.27. The average Bonchev–Trinajstić information content (AvgIpc) is 2.39. The molecule has 0 atom stereocenters. The molecule has 0 radical (unpaired) electrons. The highest BCUT2D eigenvalue weighted by molar-refractivity contribution is 8.13. The molecule has 1 heterocycles. The summed E-state index contributed by atoms with van der Waals surface area (Å²) >= 11 is 0. The number of benzene rings is 1. The molecule has 106 valence electrons. The zero-order valence-corrected chi connectivity index (χ0v) is 12.6. The van der Waals surface area contributed by atoms with Crippen molar-refractivity contribution in [3.05, 3.63) is 47.5 Å². The first-order valence-corrected chi connectivity index (χ1v) is 8.13. The summed E-state index contributed by atoms with van der Waals surface area (Å²) in [4.78, 5) is 8.20. The minimum Gasteiger partial charge on any atom is -0.485 e. The standard InChI is InChI=1S/C13H13ClN2O3S/c1-9-7-12(20(14,17)18)10(2)6-11(9)19-8-13-15-4-3-5-16-13/h3-7H,8H2,1-2H3. The summed E-state index contributed by atoms with van der Waals surface area (Å²) in [6.45, 7) is 3.64. The van der Waals surface area contributed by atoms with Crippen molar-refractivity contribution in [1.82, 2.24) is 9.97 Å². The number of hydrogen-bond donors (Lipinski definition) is 0. The highest BCUT2D eigenvalue weighted by atomic mass is 35.7. The second kappa shape index (κ2) is 5.76. The van der Waals surface area contributed by atoms with E-state index in [1.165, 1.54) is 6.07 Å². The molecule has 0 spiro atoms. The Morgan fingerprint density at radius 3 is 2.40 bits per heavy atom. The molecule has 0 saturated heterocycles. The topological polar surface area (TPSA) is 69.2 Å². The lowest BCUT2D eigenvalue weighted by Gasteiger charge is -2.11. The summed E-state index contributed by atoms with van der Waals surface area (Å²) in [7, 11) is 1.62. The van der Waals surface area contributed by atoms with Crippen LogP contribution < -0.4 is 4.74 Å². The fourth-order valence-electron chi connectivity index (χ4n) is 1.73. The van der Waals surface area contributed by atoms with Crippen LogP contribution in [0.2, 0.25) is 0 Å². The van der Waals surface area contributed by atoms with Gasteiger partial charge in [-0.2, -0.15) is 0 Å². The van der Waals surface area contributed by atoms with Crippen molar-refractivity contribution in [3.63, 3.8) is 0 Å². The monoisotopic (exact) mass is 312 g/mol. The van der Waals surface area contributed by atoms with Crippen molar-refractivity contribution >= 4 is 19.7 Å². The van der Waals surface area contributed by atoms with Crippen molar-refractivity contribution < 1.29 is 13.2 Å². The van der Waals surface area contributed by atoms with Gasteiger partial charge in [0.25, 0.3) is 9.05 Å². The van der Waals surface area contributed by atoms with Crippen molar-refractivity contribution in [3.8, 4) is 5.75 Å². The number of ether oxygens (including phenoxy) is 1. The Bertz CT molecular complexity index is 718. The van der Waals surface area contributed by atoms with E-state index in [4.69, 9.17) is 15.4 Å². The van der Waals surface area contributed by atoms with Crippen LogP contribution >= 0.6 is 10.7 Å². The van der Waals surface area contributed by atoms with Crippen LogP contribution in [-0.2, 0) is 15.7 Å². The Balaban J connectivity index is 2.24. The van der Waals surface area contributed by atoms with Gasteiger partial charge in [-0.1, -0.05) is 0 Å². The lowest BCUT2D eigenvalue weighted by atomic mass is 10.1. The van der Waals surface area contributed by atoms with Gasteiger partial charge >= 0.3 is 0 Å². The molecule has 1 aromatic carbocycles. The van der Waals surface area contributed by atoms with Crippen molar-refractivity contribution in [2.24, 2.45) is 0 Å². The Morgan fingerprint density at radius 2 is 1.80 bits per heavy atom. The van der Waals surface area contributed by atoms with Crippen LogP contribution in [0.3, 0.4) is 0 Å². The minimum absolute atomic E-state index is 0.0972. The molecule has 0 N–H and O–H groups in total. The predicted molar refractivity (Wildman–Crippen MR) is 75.3 cm³/mol. The van der Waals surface area contributed by atoms with Crippen LogP contribution in [0.15, 0.2) is 35.5 Å². The van der Waals surface area contributed by atoms with Gasteiger partial charge in [0.15, 0.2) is 5.82 Å². The summed E-state index contributed by atoms with van der Waals surface area (Å²) in [5, 5.41) is 0. The fourth-order valence-corrected chi connectivity index (χ4v) is 2.99. The number of rotatable bonds is 4. The van der Waals surface area contributed by atoms with Crippen LogP contribution in [0.25, 0.3) is 0 Å². The SMILES string of the molecule is Cc1cc(S(=O)(=O)Cl)c(C)cc1OCc1ncccn1. The third kappa shape index (κ3) is 3.46. The van der Waals surface area contributed by atoms with Crippen LogP contribution in [0.5, 0.6) is 5.75 Å². The molecule has 20 heavy (non-hydrogen) atoms. The summed E-state index contributed by atoms with van der Waals surface area (Å²) in [6, 6.07) is 4.87. The highest BCUT2D eigenvalue weighted by Crippen LogP contribution is 2.28. The molecule has 2 rings (SSSR count). The Morgan fingerprint density at radius 1 is 1.15 bits per heavy atom. The van der Waals surface area contributed by atoms with Crippen LogP contribution in [-0.4, -0.2) is 18.4 Å². The number of aryl methyl sites for hydroxylation is 2. The lowest BCUT2D eigenvalue weighted by Crippen LogP contribution is -2.03. The van der Waals surface area contributed by atoms with Crippen molar-refractivity contribution in [1.29, 1.82) is 0 Å². The van der Waals surface area contributed by atoms with Gasteiger partial charge in [-0.05, 0) is 43.2 Å². The molecule has 7 heteroatoms. The zero-order valence-electron chi connectivity index (χ0n) is 11.0. The molecule has 2 aromatic rings. The van der Waals surface area contributed by atoms with E-state index in [2.05, 4.69) is 9.97 Å². The van der Waals surface area contributed by atoms with E-state index in [-0.39, 0.29) is 11.5 Å². The molecule has 0 aliphatic heterocycles. The molecule has 0 unspecified atom stereocenters. The summed E-state index contributed by atoms with van der Waals surface area (Å²) in [5.74, 6) is 1.14. The summed E-state index contributed by atoms with van der Waals surface area (Å²) in [5.41, 5.74) is 1.22. The third-order valence-corrected chi connectivity index (χ3v) is 4.18. The van der Waals surface area contributed by atoms with E-state index in [1.807, 2.05) is 0 Å². The Kier molecular flexibility index (Phi) is 4.25. The average molecular weight is 313 g/mol. The van der Waals surface area contributed by atoms with Gasteiger partial charge in [0.1, 0.15) is 12.4 Å². The minimum atomic E-state index is -3.75.